The molecule has 10 heteroatoms. The van der Waals surface area contributed by atoms with Crippen molar-refractivity contribution in [1.29, 1.82) is 0 Å². The van der Waals surface area contributed by atoms with E-state index in [1.807, 2.05) is 6.07 Å². The lowest BCUT2D eigenvalue weighted by molar-refractivity contribution is -0.132. The number of benzene rings is 1. The fourth-order valence-electron chi connectivity index (χ4n) is 3.35. The van der Waals surface area contributed by atoms with Crippen LogP contribution >= 0.6 is 23.4 Å². The van der Waals surface area contributed by atoms with Crippen molar-refractivity contribution in [1.82, 2.24) is 19.4 Å². The first-order chi connectivity index (χ1) is 14.0. The van der Waals surface area contributed by atoms with Gasteiger partial charge < -0.3 is 14.4 Å². The van der Waals surface area contributed by atoms with E-state index >= 15 is 0 Å². The molecule has 0 atom stereocenters. The van der Waals surface area contributed by atoms with Gasteiger partial charge in [0.15, 0.2) is 5.16 Å². The van der Waals surface area contributed by atoms with Crippen molar-refractivity contribution in [3.63, 3.8) is 0 Å². The number of amides is 1. The molecule has 0 N–H and O–H groups in total. The summed E-state index contributed by atoms with van der Waals surface area (Å²) in [6.45, 7) is 2.34. The number of para-hydroxylation sites is 2. The van der Waals surface area contributed by atoms with Gasteiger partial charge in [0.2, 0.25) is 5.91 Å². The molecule has 0 radical (unpaired) electrons. The first-order valence-electron chi connectivity index (χ1n) is 9.05. The molecule has 0 bridgehead atoms. The number of imidazole rings is 1. The van der Waals surface area contributed by atoms with Crippen molar-refractivity contribution in [2.45, 2.75) is 17.5 Å². The largest absolute Gasteiger partial charge is 0.353 e. The lowest BCUT2D eigenvalue weighted by atomic mass is 10.3. The van der Waals surface area contributed by atoms with E-state index in [0.717, 1.165) is 5.82 Å². The zero-order valence-electron chi connectivity index (χ0n) is 15.3. The number of halogens is 3. The highest BCUT2D eigenvalue weighted by atomic mass is 35.5. The summed E-state index contributed by atoms with van der Waals surface area (Å²) >= 11 is 6.24. The highest BCUT2D eigenvalue weighted by molar-refractivity contribution is 7.99. The molecule has 0 unspecified atom stereocenters. The van der Waals surface area contributed by atoms with Gasteiger partial charge in [-0.2, -0.15) is 8.78 Å². The van der Waals surface area contributed by atoms with Crippen LogP contribution in [0.2, 0.25) is 5.02 Å². The van der Waals surface area contributed by atoms with Gasteiger partial charge in [-0.05, 0) is 36.0 Å². The highest BCUT2D eigenvalue weighted by Gasteiger charge is 2.24. The maximum atomic E-state index is 12.9. The molecule has 6 nitrogen and oxygen atoms in total. The second-order valence-corrected chi connectivity index (χ2v) is 7.94. The summed E-state index contributed by atoms with van der Waals surface area (Å²) in [5, 5.41) is 0.728. The number of nitrogens with zero attached hydrogens (tertiary/aromatic N) is 5. The number of hydrogen-bond acceptors (Lipinski definition) is 5. The smallest absolute Gasteiger partial charge is 0.291 e. The minimum atomic E-state index is -2.60. The Labute approximate surface area is 175 Å². The van der Waals surface area contributed by atoms with Gasteiger partial charge in [0, 0.05) is 32.4 Å². The molecule has 4 rings (SSSR count). The van der Waals surface area contributed by atoms with Crippen molar-refractivity contribution >= 4 is 46.1 Å². The molecule has 152 valence electrons. The van der Waals surface area contributed by atoms with Gasteiger partial charge in [-0.3, -0.25) is 4.79 Å². The van der Waals surface area contributed by atoms with Crippen molar-refractivity contribution in [2.24, 2.45) is 0 Å². The summed E-state index contributed by atoms with van der Waals surface area (Å²) in [6, 6.07) is 10.8. The van der Waals surface area contributed by atoms with Crippen LogP contribution in [-0.2, 0) is 11.3 Å². The number of pyridine rings is 1. The highest BCUT2D eigenvalue weighted by Crippen LogP contribution is 2.28. The molecule has 1 amide bonds. The number of hydrogen-bond donors (Lipinski definition) is 0. The number of carbonyl (C=O) groups is 1. The second-order valence-electron chi connectivity index (χ2n) is 6.55. The van der Waals surface area contributed by atoms with E-state index in [4.69, 9.17) is 11.6 Å². The molecule has 29 heavy (non-hydrogen) atoms. The molecule has 1 saturated heterocycles. The van der Waals surface area contributed by atoms with Crippen LogP contribution in [0.1, 0.15) is 0 Å². The number of alkyl halides is 2. The van der Waals surface area contributed by atoms with Crippen LogP contribution in [0.15, 0.2) is 47.8 Å². The molecule has 3 heterocycles. The third-order valence-electron chi connectivity index (χ3n) is 4.78. The SMILES string of the molecule is O=C(Cn1c(SC(F)F)nc2ccccc21)N1CCN(c2ccc(Cl)cn2)CC1. The molecule has 0 spiro atoms. The van der Waals surface area contributed by atoms with E-state index in [1.54, 1.807) is 46.0 Å². The fraction of sp³-hybridized carbons (Fsp3) is 0.316. The molecule has 0 saturated carbocycles. The molecule has 1 aromatic carbocycles. The number of thioether (sulfide) groups is 1. The minimum Gasteiger partial charge on any atom is -0.353 e. The lowest BCUT2D eigenvalue weighted by Crippen LogP contribution is -2.49. The summed E-state index contributed by atoms with van der Waals surface area (Å²) in [6.07, 6.45) is 1.60. The number of aromatic nitrogens is 3. The molecule has 1 aliphatic rings. The summed E-state index contributed by atoms with van der Waals surface area (Å²) < 4.78 is 27.5. The molecule has 1 fully saturated rings. The average molecular weight is 438 g/mol. The van der Waals surface area contributed by atoms with Crippen LogP contribution in [0.4, 0.5) is 14.6 Å². The van der Waals surface area contributed by atoms with Crippen molar-refractivity contribution in [3.05, 3.63) is 47.6 Å². The second kappa shape index (κ2) is 8.54. The Morgan fingerprint density at radius 2 is 1.90 bits per heavy atom. The molecule has 1 aliphatic heterocycles. The summed E-state index contributed by atoms with van der Waals surface area (Å²) in [5.74, 6) is -1.90. The minimum absolute atomic E-state index is 0.0191. The number of anilines is 1. The summed E-state index contributed by atoms with van der Waals surface area (Å²) in [4.78, 5) is 25.3. The predicted octanol–water partition coefficient (Wildman–Crippen LogP) is 3.75. The van der Waals surface area contributed by atoms with Gasteiger partial charge in [0.25, 0.3) is 5.76 Å². The number of carbonyl (C=O) groups excluding carboxylic acids is 1. The zero-order valence-corrected chi connectivity index (χ0v) is 16.9. The van der Waals surface area contributed by atoms with E-state index in [9.17, 15) is 13.6 Å². The van der Waals surface area contributed by atoms with Crippen LogP contribution in [0, 0.1) is 0 Å². The summed E-state index contributed by atoms with van der Waals surface area (Å²) in [5.41, 5.74) is 1.27. The molecule has 0 aliphatic carbocycles. The lowest BCUT2D eigenvalue weighted by Gasteiger charge is -2.35. The van der Waals surface area contributed by atoms with E-state index in [-0.39, 0.29) is 17.6 Å². The monoisotopic (exact) mass is 437 g/mol. The van der Waals surface area contributed by atoms with Crippen molar-refractivity contribution in [3.8, 4) is 0 Å². The van der Waals surface area contributed by atoms with Crippen LogP contribution < -0.4 is 4.90 Å². The Hall–Kier alpha value is -2.39. The van der Waals surface area contributed by atoms with E-state index < -0.39 is 5.76 Å². The van der Waals surface area contributed by atoms with Gasteiger partial charge in [-0.25, -0.2) is 9.97 Å². The topological polar surface area (TPSA) is 54.3 Å². The Morgan fingerprint density at radius 3 is 2.59 bits per heavy atom. The molecular formula is C19H18ClF2N5OS. The zero-order chi connectivity index (χ0) is 20.4. The third-order valence-corrected chi connectivity index (χ3v) is 5.70. The number of rotatable bonds is 5. The standard InChI is InChI=1S/C19H18ClF2N5OS/c20-13-5-6-16(23-11-13)25-7-9-26(10-8-25)17(28)12-27-15-4-2-1-3-14(15)24-19(27)29-18(21)22/h1-6,11,18H,7-10,12H2. The van der Waals surface area contributed by atoms with E-state index in [1.165, 1.54) is 0 Å². The third kappa shape index (κ3) is 4.45. The Bertz CT molecular complexity index is 1010. The van der Waals surface area contributed by atoms with Crippen LogP contribution in [0.3, 0.4) is 0 Å². The molecule has 3 aromatic rings. The van der Waals surface area contributed by atoms with Gasteiger partial charge in [0.05, 0.1) is 16.1 Å². The van der Waals surface area contributed by atoms with Crippen LogP contribution in [0.5, 0.6) is 0 Å². The Kier molecular flexibility index (Phi) is 5.86. The predicted molar refractivity (Wildman–Crippen MR) is 110 cm³/mol. The van der Waals surface area contributed by atoms with Crippen LogP contribution in [-0.4, -0.2) is 57.3 Å². The average Bonchev–Trinajstić information content (AvgIpc) is 3.05. The molecular weight excluding hydrogens is 420 g/mol. The van der Waals surface area contributed by atoms with Gasteiger partial charge >= 0.3 is 0 Å². The maximum Gasteiger partial charge on any atom is 0.291 e. The first-order valence-corrected chi connectivity index (χ1v) is 10.3. The first kappa shape index (κ1) is 19.9. The number of fused-ring (bicyclic) bond motifs is 1. The molecule has 2 aromatic heterocycles. The summed E-state index contributed by atoms with van der Waals surface area (Å²) in [7, 11) is 0. The number of piperazine rings is 1. The van der Waals surface area contributed by atoms with E-state index in [0.29, 0.717) is 54.0 Å². The van der Waals surface area contributed by atoms with Gasteiger partial charge in [-0.1, -0.05) is 23.7 Å². The van der Waals surface area contributed by atoms with Crippen molar-refractivity contribution in [2.75, 3.05) is 31.1 Å². The van der Waals surface area contributed by atoms with E-state index in [2.05, 4.69) is 14.9 Å². The fourth-order valence-corrected chi connectivity index (χ4v) is 4.06. The Morgan fingerprint density at radius 1 is 1.14 bits per heavy atom. The van der Waals surface area contributed by atoms with Gasteiger partial charge in [0.1, 0.15) is 12.4 Å². The Balaban J connectivity index is 1.45. The van der Waals surface area contributed by atoms with Crippen molar-refractivity contribution < 1.29 is 13.6 Å². The normalized spacial score (nSPS) is 14.8. The van der Waals surface area contributed by atoms with Gasteiger partial charge in [-0.15, -0.1) is 0 Å². The maximum absolute atomic E-state index is 12.9. The quantitative estimate of drug-likeness (QED) is 0.569. The van der Waals surface area contributed by atoms with Crippen LogP contribution in [0.25, 0.3) is 11.0 Å².